The maximum atomic E-state index is 12.0. The zero-order valence-electron chi connectivity index (χ0n) is 10.0. The first-order valence-corrected chi connectivity index (χ1v) is 5.79. The summed E-state index contributed by atoms with van der Waals surface area (Å²) >= 11 is 0. The number of carbonyl (C=O) groups is 2. The number of hydrogen-bond donors (Lipinski definition) is 3. The summed E-state index contributed by atoms with van der Waals surface area (Å²) in [5, 5.41) is 14.0. The van der Waals surface area contributed by atoms with E-state index in [1.54, 1.807) is 0 Å². The van der Waals surface area contributed by atoms with E-state index in [9.17, 15) is 14.7 Å². The molecule has 1 saturated heterocycles. The Hall–Kier alpha value is -1.10. The van der Waals surface area contributed by atoms with Crippen molar-refractivity contribution >= 4 is 11.8 Å². The predicted molar refractivity (Wildman–Crippen MR) is 59.1 cm³/mol. The molecule has 0 radical (unpaired) electrons. The van der Waals surface area contributed by atoms with E-state index in [1.165, 1.54) is 0 Å². The molecule has 16 heavy (non-hydrogen) atoms. The van der Waals surface area contributed by atoms with Gasteiger partial charge in [-0.3, -0.25) is 9.59 Å². The topological polar surface area (TPSA) is 78.4 Å². The number of aliphatic hydroxyl groups excluding tert-OH is 1. The predicted octanol–water partition coefficient (Wildman–Crippen LogP) is 0.341. The van der Waals surface area contributed by atoms with Crippen molar-refractivity contribution in [1.29, 1.82) is 0 Å². The van der Waals surface area contributed by atoms with Gasteiger partial charge >= 0.3 is 0 Å². The maximum absolute atomic E-state index is 12.0. The number of hydrogen-bond acceptors (Lipinski definition) is 3. The molecule has 2 amide bonds. The van der Waals surface area contributed by atoms with Gasteiger partial charge in [-0.2, -0.15) is 0 Å². The minimum absolute atomic E-state index is 0.0324. The van der Waals surface area contributed by atoms with Crippen LogP contribution in [0.5, 0.6) is 0 Å². The van der Waals surface area contributed by atoms with E-state index in [0.717, 1.165) is 12.8 Å². The summed E-state index contributed by atoms with van der Waals surface area (Å²) in [6, 6.07) is 0. The molecule has 92 valence electrons. The fraction of sp³-hybridized carbons (Fsp3) is 0.818. The van der Waals surface area contributed by atoms with Gasteiger partial charge in [-0.15, -0.1) is 0 Å². The van der Waals surface area contributed by atoms with Gasteiger partial charge in [-0.1, -0.05) is 27.2 Å². The molecule has 1 aliphatic rings. The number of aliphatic hydroxyl groups is 1. The van der Waals surface area contributed by atoms with E-state index in [2.05, 4.69) is 10.6 Å². The van der Waals surface area contributed by atoms with E-state index in [0.29, 0.717) is 6.42 Å². The van der Waals surface area contributed by atoms with Gasteiger partial charge in [0.15, 0.2) is 0 Å². The Morgan fingerprint density at radius 2 is 1.81 bits per heavy atom. The molecule has 0 aromatic rings. The van der Waals surface area contributed by atoms with E-state index in [4.69, 9.17) is 0 Å². The number of amides is 2. The number of nitrogens with one attached hydrogen (secondary N) is 2. The molecule has 1 aliphatic heterocycles. The Balaban J connectivity index is 3.00. The van der Waals surface area contributed by atoms with Gasteiger partial charge in [-0.05, 0) is 18.8 Å². The zero-order valence-corrected chi connectivity index (χ0v) is 10.0. The minimum Gasteiger partial charge on any atom is -0.356 e. The Kier molecular flexibility index (Phi) is 3.91. The molecule has 0 spiro atoms. The van der Waals surface area contributed by atoms with Gasteiger partial charge < -0.3 is 15.7 Å². The Bertz CT molecular complexity index is 273. The normalized spacial score (nSPS) is 31.9. The molecule has 5 nitrogen and oxygen atoms in total. The van der Waals surface area contributed by atoms with E-state index in [-0.39, 0.29) is 17.7 Å². The zero-order chi connectivity index (χ0) is 12.3. The molecule has 1 atom stereocenters. The highest BCUT2D eigenvalue weighted by Crippen LogP contribution is 2.36. The van der Waals surface area contributed by atoms with Crippen LogP contribution in [0.3, 0.4) is 0 Å². The van der Waals surface area contributed by atoms with Gasteiger partial charge in [0.2, 0.25) is 18.2 Å². The molecule has 1 rings (SSSR count). The highest BCUT2D eigenvalue weighted by atomic mass is 16.3. The smallest absolute Gasteiger partial charge is 0.239 e. The summed E-state index contributed by atoms with van der Waals surface area (Å²) in [5.74, 6) is -0.769. The Morgan fingerprint density at radius 1 is 1.31 bits per heavy atom. The summed E-state index contributed by atoms with van der Waals surface area (Å²) in [5.41, 5.74) is -1.03. The van der Waals surface area contributed by atoms with Gasteiger partial charge in [-0.25, -0.2) is 0 Å². The first-order chi connectivity index (χ1) is 7.48. The van der Waals surface area contributed by atoms with Gasteiger partial charge in [0.05, 0.1) is 0 Å². The Labute approximate surface area is 95.6 Å². The van der Waals surface area contributed by atoms with Crippen LogP contribution in [-0.2, 0) is 9.59 Å². The van der Waals surface area contributed by atoms with Crippen molar-refractivity contribution in [3.63, 3.8) is 0 Å². The lowest BCUT2D eigenvalue weighted by atomic mass is 9.70. The van der Waals surface area contributed by atoms with Gasteiger partial charge in [0.25, 0.3) is 0 Å². The highest BCUT2D eigenvalue weighted by Gasteiger charge is 2.51. The molecule has 0 saturated carbocycles. The third kappa shape index (κ3) is 1.91. The molecule has 3 N–H and O–H groups in total. The minimum atomic E-state index is -1.26. The molecule has 1 fully saturated rings. The van der Waals surface area contributed by atoms with Crippen LogP contribution in [0, 0.1) is 11.3 Å². The molecule has 1 heterocycles. The van der Waals surface area contributed by atoms with Crippen molar-refractivity contribution in [2.75, 3.05) is 0 Å². The second-order valence-corrected chi connectivity index (χ2v) is 4.36. The van der Waals surface area contributed by atoms with Crippen molar-refractivity contribution in [2.45, 2.75) is 46.4 Å². The van der Waals surface area contributed by atoms with Crippen molar-refractivity contribution in [3.05, 3.63) is 0 Å². The fourth-order valence-electron chi connectivity index (χ4n) is 2.44. The van der Waals surface area contributed by atoms with Crippen LogP contribution in [-0.4, -0.2) is 23.3 Å². The molecular formula is C11H20N2O3. The van der Waals surface area contributed by atoms with Crippen LogP contribution in [0.4, 0.5) is 0 Å². The van der Waals surface area contributed by atoms with Crippen LogP contribution >= 0.6 is 0 Å². The molecule has 0 aliphatic carbocycles. The van der Waals surface area contributed by atoms with Crippen molar-refractivity contribution in [1.82, 2.24) is 10.6 Å². The standard InChI is InChI=1S/C11H20N2O3/c1-4-6-7(3)11(5-2)8(14)12-10(16)13-9(11)15/h7,10,16H,4-6H2,1-3H3,(H,12,14)(H,13,15). The van der Waals surface area contributed by atoms with Gasteiger partial charge in [0.1, 0.15) is 5.41 Å². The summed E-state index contributed by atoms with van der Waals surface area (Å²) < 4.78 is 0. The molecule has 0 aromatic carbocycles. The van der Waals surface area contributed by atoms with Crippen LogP contribution in [0.1, 0.15) is 40.0 Å². The monoisotopic (exact) mass is 228 g/mol. The lowest BCUT2D eigenvalue weighted by Gasteiger charge is -2.40. The average molecular weight is 228 g/mol. The average Bonchev–Trinajstić information content (AvgIpc) is 2.18. The van der Waals surface area contributed by atoms with Crippen LogP contribution < -0.4 is 10.6 Å². The summed E-state index contributed by atoms with van der Waals surface area (Å²) in [4.78, 5) is 23.9. The lowest BCUT2D eigenvalue weighted by Crippen LogP contribution is -2.66. The fourth-order valence-corrected chi connectivity index (χ4v) is 2.44. The van der Waals surface area contributed by atoms with E-state index >= 15 is 0 Å². The van der Waals surface area contributed by atoms with Crippen molar-refractivity contribution < 1.29 is 14.7 Å². The summed E-state index contributed by atoms with van der Waals surface area (Å²) in [6.07, 6.45) is 0.920. The second kappa shape index (κ2) is 4.82. The van der Waals surface area contributed by atoms with E-state index < -0.39 is 11.8 Å². The van der Waals surface area contributed by atoms with Crippen molar-refractivity contribution in [2.24, 2.45) is 11.3 Å². The number of carbonyl (C=O) groups excluding carboxylic acids is 2. The van der Waals surface area contributed by atoms with Crippen molar-refractivity contribution in [3.8, 4) is 0 Å². The van der Waals surface area contributed by atoms with Gasteiger partial charge in [0, 0.05) is 0 Å². The Morgan fingerprint density at radius 3 is 2.19 bits per heavy atom. The molecule has 5 heteroatoms. The summed E-state index contributed by atoms with van der Waals surface area (Å²) in [7, 11) is 0. The lowest BCUT2D eigenvalue weighted by molar-refractivity contribution is -0.159. The van der Waals surface area contributed by atoms with Crippen LogP contribution in [0.25, 0.3) is 0 Å². The summed E-state index contributed by atoms with van der Waals surface area (Å²) in [6.45, 7) is 5.75. The molecular weight excluding hydrogens is 208 g/mol. The first kappa shape index (κ1) is 13.0. The van der Waals surface area contributed by atoms with Crippen LogP contribution in [0.15, 0.2) is 0 Å². The SMILES string of the molecule is CCCC(C)C1(CC)C(=O)NC(O)NC1=O. The first-order valence-electron chi connectivity index (χ1n) is 5.79. The van der Waals surface area contributed by atoms with E-state index in [1.807, 2.05) is 20.8 Å². The quantitative estimate of drug-likeness (QED) is 0.607. The van der Waals surface area contributed by atoms with Crippen LogP contribution in [0.2, 0.25) is 0 Å². The molecule has 1 unspecified atom stereocenters. The largest absolute Gasteiger partial charge is 0.356 e. The highest BCUT2D eigenvalue weighted by molar-refractivity contribution is 6.07. The maximum Gasteiger partial charge on any atom is 0.239 e. The second-order valence-electron chi connectivity index (χ2n) is 4.36. The molecule has 0 bridgehead atoms. The number of rotatable bonds is 4. The third-order valence-corrected chi connectivity index (χ3v) is 3.47. The third-order valence-electron chi connectivity index (χ3n) is 3.47. The molecule has 0 aromatic heterocycles.